The third-order valence-corrected chi connectivity index (χ3v) is 3.41. The molecule has 2 rings (SSSR count). The van der Waals surface area contributed by atoms with Crippen molar-refractivity contribution in [1.29, 1.82) is 0 Å². The van der Waals surface area contributed by atoms with Crippen LogP contribution in [0.5, 0.6) is 0 Å². The summed E-state index contributed by atoms with van der Waals surface area (Å²) in [6.45, 7) is 5.93. The Morgan fingerprint density at radius 3 is 2.72 bits per heavy atom. The lowest BCUT2D eigenvalue weighted by Crippen LogP contribution is -2.31. The van der Waals surface area contributed by atoms with Crippen molar-refractivity contribution in [1.82, 2.24) is 4.90 Å². The van der Waals surface area contributed by atoms with Gasteiger partial charge in [0.05, 0.1) is 13.0 Å². The van der Waals surface area contributed by atoms with Gasteiger partial charge in [-0.1, -0.05) is 6.08 Å². The summed E-state index contributed by atoms with van der Waals surface area (Å²) in [7, 11) is 0. The first-order valence-electron chi connectivity index (χ1n) is 6.36. The van der Waals surface area contributed by atoms with E-state index in [2.05, 4.69) is 18.7 Å². The molecule has 0 amide bonds. The van der Waals surface area contributed by atoms with Gasteiger partial charge < -0.3 is 14.7 Å². The molecule has 1 aliphatic carbocycles. The Morgan fingerprint density at radius 1 is 1.39 bits per heavy atom. The Labute approximate surface area is 107 Å². The third kappa shape index (κ3) is 2.34. The zero-order valence-corrected chi connectivity index (χ0v) is 10.8. The molecule has 2 aliphatic rings. The number of rotatable bonds is 4. The smallest absolute Gasteiger partial charge is 0.310 e. The highest BCUT2D eigenvalue weighted by Gasteiger charge is 2.28. The lowest BCUT2D eigenvalue weighted by Gasteiger charge is -2.31. The lowest BCUT2D eigenvalue weighted by molar-refractivity contribution is -0.146. The lowest BCUT2D eigenvalue weighted by atomic mass is 9.93. The zero-order valence-electron chi connectivity index (χ0n) is 10.8. The van der Waals surface area contributed by atoms with E-state index >= 15 is 0 Å². The number of likely N-dealkylation sites (N-methyl/N-ethyl adjacent to an activating group) is 1. The molecule has 0 fully saturated rings. The van der Waals surface area contributed by atoms with Crippen LogP contribution in [0.1, 0.15) is 20.3 Å². The van der Waals surface area contributed by atoms with Gasteiger partial charge in [-0.25, -0.2) is 0 Å². The topological polar surface area (TPSA) is 49.8 Å². The molecule has 4 heteroatoms. The van der Waals surface area contributed by atoms with E-state index in [0.29, 0.717) is 0 Å². The minimum Gasteiger partial charge on any atom is -0.453 e. The van der Waals surface area contributed by atoms with Crippen molar-refractivity contribution >= 4 is 5.97 Å². The number of hydrogen-bond acceptors (Lipinski definition) is 4. The van der Waals surface area contributed by atoms with E-state index in [-0.39, 0.29) is 25.1 Å². The van der Waals surface area contributed by atoms with Crippen LogP contribution in [0.25, 0.3) is 0 Å². The van der Waals surface area contributed by atoms with Crippen LogP contribution in [0.3, 0.4) is 0 Å². The first-order valence-corrected chi connectivity index (χ1v) is 6.36. The van der Waals surface area contributed by atoms with Crippen molar-refractivity contribution < 1.29 is 14.6 Å². The second-order valence-corrected chi connectivity index (χ2v) is 4.40. The molecule has 0 aromatic heterocycles. The molecule has 1 N–H and O–H groups in total. The number of hydrogen-bond donors (Lipinski definition) is 1. The van der Waals surface area contributed by atoms with Crippen molar-refractivity contribution in [2.75, 3.05) is 19.7 Å². The highest BCUT2D eigenvalue weighted by atomic mass is 16.5. The molecule has 1 heterocycles. The quantitative estimate of drug-likeness (QED) is 0.765. The molecule has 18 heavy (non-hydrogen) atoms. The van der Waals surface area contributed by atoms with Crippen molar-refractivity contribution in [3.05, 3.63) is 35.1 Å². The van der Waals surface area contributed by atoms with Gasteiger partial charge in [0, 0.05) is 18.8 Å². The van der Waals surface area contributed by atoms with Gasteiger partial charge in [-0.15, -0.1) is 0 Å². The Balaban J connectivity index is 2.30. The Kier molecular flexibility index (Phi) is 3.87. The normalized spacial score (nSPS) is 22.5. The summed E-state index contributed by atoms with van der Waals surface area (Å²) < 4.78 is 5.33. The number of aliphatic hydroxyl groups excluding tert-OH is 1. The van der Waals surface area contributed by atoms with E-state index in [9.17, 15) is 9.90 Å². The maximum Gasteiger partial charge on any atom is 0.310 e. The molecule has 0 aromatic rings. The summed E-state index contributed by atoms with van der Waals surface area (Å²) in [5.74, 6) is -0.266. The number of fused-ring (bicyclic) bond motifs is 1. The summed E-state index contributed by atoms with van der Waals surface area (Å²) >= 11 is 0. The average Bonchev–Trinajstić information content (AvgIpc) is 2.38. The first kappa shape index (κ1) is 12.9. The highest BCUT2D eigenvalue weighted by molar-refractivity contribution is 5.76. The fourth-order valence-corrected chi connectivity index (χ4v) is 2.39. The summed E-state index contributed by atoms with van der Waals surface area (Å²) in [6, 6.07) is 0. The molecule has 0 saturated heterocycles. The summed E-state index contributed by atoms with van der Waals surface area (Å²) in [4.78, 5) is 13.7. The molecule has 0 aromatic carbocycles. The van der Waals surface area contributed by atoms with E-state index in [1.54, 1.807) is 0 Å². The van der Waals surface area contributed by atoms with E-state index in [1.807, 2.05) is 18.2 Å². The summed E-state index contributed by atoms with van der Waals surface area (Å²) in [6.07, 6.45) is 5.79. The van der Waals surface area contributed by atoms with Crippen LogP contribution in [0.15, 0.2) is 35.1 Å². The average molecular weight is 249 g/mol. The number of aliphatic hydroxyl groups is 1. The number of esters is 1. The van der Waals surface area contributed by atoms with Crippen LogP contribution in [0.4, 0.5) is 0 Å². The van der Waals surface area contributed by atoms with Crippen LogP contribution in [0, 0.1) is 0 Å². The summed E-state index contributed by atoms with van der Waals surface area (Å²) in [5, 5.41) is 9.28. The molecule has 1 unspecified atom stereocenters. The molecule has 0 bridgehead atoms. The number of carbonyl (C=O) groups is 1. The number of carbonyl (C=O) groups excluding carboxylic acids is 1. The van der Waals surface area contributed by atoms with Crippen LogP contribution in [-0.4, -0.2) is 41.8 Å². The Hall–Kier alpha value is -1.55. The summed E-state index contributed by atoms with van der Waals surface area (Å²) in [5.41, 5.74) is 2.76. The van der Waals surface area contributed by atoms with Gasteiger partial charge >= 0.3 is 5.97 Å². The minimum absolute atomic E-state index is 0.0836. The second kappa shape index (κ2) is 5.40. The van der Waals surface area contributed by atoms with Gasteiger partial charge in [-0.3, -0.25) is 4.79 Å². The molecule has 0 spiro atoms. The largest absolute Gasteiger partial charge is 0.453 e. The Morgan fingerprint density at radius 2 is 2.11 bits per heavy atom. The van der Waals surface area contributed by atoms with Gasteiger partial charge in [0.25, 0.3) is 0 Å². The van der Waals surface area contributed by atoms with Crippen LogP contribution in [-0.2, 0) is 9.53 Å². The van der Waals surface area contributed by atoms with Crippen LogP contribution >= 0.6 is 0 Å². The monoisotopic (exact) mass is 249 g/mol. The maximum absolute atomic E-state index is 11.5. The van der Waals surface area contributed by atoms with Gasteiger partial charge in [0.2, 0.25) is 0 Å². The van der Waals surface area contributed by atoms with E-state index in [0.717, 1.165) is 29.9 Å². The zero-order chi connectivity index (χ0) is 13.1. The number of ether oxygens (including phenoxy) is 1. The van der Waals surface area contributed by atoms with Gasteiger partial charge in [-0.2, -0.15) is 0 Å². The van der Waals surface area contributed by atoms with Crippen molar-refractivity contribution in [2.45, 2.75) is 26.4 Å². The predicted octanol–water partition coefficient (Wildman–Crippen LogP) is 1.39. The fraction of sp³-hybridized carbons (Fsp3) is 0.500. The maximum atomic E-state index is 11.5. The van der Waals surface area contributed by atoms with E-state index < -0.39 is 0 Å². The molecule has 1 atom stereocenters. The first-order chi connectivity index (χ1) is 8.69. The minimum atomic E-state index is -0.339. The number of allylic oxidation sites excluding steroid dienone is 1. The van der Waals surface area contributed by atoms with Crippen LogP contribution < -0.4 is 0 Å². The van der Waals surface area contributed by atoms with Crippen molar-refractivity contribution in [2.24, 2.45) is 0 Å². The van der Waals surface area contributed by atoms with Crippen molar-refractivity contribution in [3.63, 3.8) is 0 Å². The number of nitrogens with zero attached hydrogens (tertiary/aromatic N) is 1. The standard InChI is InChI=1S/C14H19NO3/c1-3-15(4-2)11-5-6-12-10(9-16)7-14(17)18-13(12)8-11/h5-6,8,13,16H,3-4,7,9H2,1-2H3. The molecular weight excluding hydrogens is 230 g/mol. The Bertz CT molecular complexity index is 430. The fourth-order valence-electron chi connectivity index (χ4n) is 2.39. The molecular formula is C14H19NO3. The van der Waals surface area contributed by atoms with E-state index in [4.69, 9.17) is 4.74 Å². The molecule has 4 nitrogen and oxygen atoms in total. The van der Waals surface area contributed by atoms with E-state index in [1.165, 1.54) is 0 Å². The molecule has 1 aliphatic heterocycles. The van der Waals surface area contributed by atoms with Crippen LogP contribution in [0.2, 0.25) is 0 Å². The second-order valence-electron chi connectivity index (χ2n) is 4.40. The van der Waals surface area contributed by atoms with Crippen molar-refractivity contribution in [3.8, 4) is 0 Å². The SMILES string of the molecule is CCN(CC)C1=CC2OC(=O)CC(CO)=C2C=C1. The van der Waals surface area contributed by atoms with Gasteiger partial charge in [-0.05, 0) is 37.1 Å². The third-order valence-electron chi connectivity index (χ3n) is 3.41. The predicted molar refractivity (Wildman–Crippen MR) is 68.8 cm³/mol. The van der Waals surface area contributed by atoms with Gasteiger partial charge in [0.1, 0.15) is 6.10 Å². The van der Waals surface area contributed by atoms with Gasteiger partial charge in [0.15, 0.2) is 0 Å². The molecule has 0 saturated carbocycles. The molecule has 98 valence electrons. The highest BCUT2D eigenvalue weighted by Crippen LogP contribution is 2.29. The molecule has 0 radical (unpaired) electrons.